The van der Waals surface area contributed by atoms with Gasteiger partial charge in [-0.2, -0.15) is 0 Å². The number of fused-ring (bicyclic) bond motifs is 1. The number of urea groups is 1. The Morgan fingerprint density at radius 1 is 1.26 bits per heavy atom. The zero-order valence-electron chi connectivity index (χ0n) is 13.3. The van der Waals surface area contributed by atoms with Crippen molar-refractivity contribution in [1.82, 2.24) is 15.6 Å². The number of carbonyl (C=O) groups excluding carboxylic acids is 1. The fraction of sp³-hybridized carbons (Fsp3) is 0.500. The van der Waals surface area contributed by atoms with Crippen molar-refractivity contribution < 1.29 is 9.90 Å². The Morgan fingerprint density at radius 2 is 2.13 bits per heavy atom. The highest BCUT2D eigenvalue weighted by atomic mass is 16.3. The molecule has 0 radical (unpaired) electrons. The lowest BCUT2D eigenvalue weighted by atomic mass is 9.87. The van der Waals surface area contributed by atoms with E-state index in [4.69, 9.17) is 0 Å². The molecule has 5 heteroatoms. The summed E-state index contributed by atoms with van der Waals surface area (Å²) >= 11 is 0. The highest BCUT2D eigenvalue weighted by Gasteiger charge is 2.20. The van der Waals surface area contributed by atoms with E-state index >= 15 is 0 Å². The van der Waals surface area contributed by atoms with Gasteiger partial charge in [-0.15, -0.1) is 0 Å². The number of carbonyl (C=O) groups is 1. The third-order valence-corrected chi connectivity index (χ3v) is 4.66. The standard InChI is InChI=1S/C18H25N3O2/c22-15-5-3-4-13(10-15)11-21-18(23)19-9-8-14-12-20-17-7-2-1-6-16(14)17/h1-2,6-7,12-13,15,20,22H,3-5,8-11H2,(H2,19,21,23). The molecular weight excluding hydrogens is 290 g/mol. The zero-order valence-corrected chi connectivity index (χ0v) is 13.3. The zero-order chi connectivity index (χ0) is 16.1. The molecule has 1 heterocycles. The summed E-state index contributed by atoms with van der Waals surface area (Å²) in [4.78, 5) is 15.1. The van der Waals surface area contributed by atoms with E-state index in [0.717, 1.165) is 37.6 Å². The van der Waals surface area contributed by atoms with E-state index in [2.05, 4.69) is 27.8 Å². The molecule has 0 bridgehead atoms. The van der Waals surface area contributed by atoms with Crippen molar-refractivity contribution in [1.29, 1.82) is 0 Å². The molecule has 23 heavy (non-hydrogen) atoms. The highest BCUT2D eigenvalue weighted by Crippen LogP contribution is 2.23. The van der Waals surface area contributed by atoms with E-state index in [-0.39, 0.29) is 12.1 Å². The minimum absolute atomic E-state index is 0.120. The summed E-state index contributed by atoms with van der Waals surface area (Å²) < 4.78 is 0. The number of hydrogen-bond acceptors (Lipinski definition) is 2. The molecule has 124 valence electrons. The fourth-order valence-corrected chi connectivity index (χ4v) is 3.40. The van der Waals surface area contributed by atoms with Gasteiger partial charge in [0.25, 0.3) is 0 Å². The van der Waals surface area contributed by atoms with Gasteiger partial charge in [-0.25, -0.2) is 4.79 Å². The van der Waals surface area contributed by atoms with Gasteiger partial charge in [-0.1, -0.05) is 24.6 Å². The van der Waals surface area contributed by atoms with E-state index in [1.807, 2.05) is 18.3 Å². The van der Waals surface area contributed by atoms with Gasteiger partial charge < -0.3 is 20.7 Å². The molecule has 0 saturated heterocycles. The summed E-state index contributed by atoms with van der Waals surface area (Å²) in [5, 5.41) is 16.7. The number of nitrogens with one attached hydrogen (secondary N) is 3. The van der Waals surface area contributed by atoms with Crippen LogP contribution in [0.2, 0.25) is 0 Å². The largest absolute Gasteiger partial charge is 0.393 e. The molecule has 2 aromatic rings. The van der Waals surface area contributed by atoms with Crippen LogP contribution in [0.3, 0.4) is 0 Å². The maximum atomic E-state index is 11.9. The molecule has 0 spiro atoms. The summed E-state index contributed by atoms with van der Waals surface area (Å²) in [7, 11) is 0. The predicted molar refractivity (Wildman–Crippen MR) is 91.4 cm³/mol. The van der Waals surface area contributed by atoms with Crippen LogP contribution in [0.25, 0.3) is 10.9 Å². The molecule has 2 unspecified atom stereocenters. The summed E-state index contributed by atoms with van der Waals surface area (Å²) in [5.74, 6) is 0.401. The lowest BCUT2D eigenvalue weighted by Gasteiger charge is -2.25. The van der Waals surface area contributed by atoms with Crippen LogP contribution in [0.4, 0.5) is 4.79 Å². The average Bonchev–Trinajstić information content (AvgIpc) is 2.97. The normalized spacial score (nSPS) is 21.3. The predicted octanol–water partition coefficient (Wildman–Crippen LogP) is 2.56. The summed E-state index contributed by atoms with van der Waals surface area (Å²) in [6.07, 6.45) is 6.46. The van der Waals surface area contributed by atoms with Crippen molar-refractivity contribution in [2.24, 2.45) is 5.92 Å². The molecular formula is C18H25N3O2. The van der Waals surface area contributed by atoms with Crippen molar-refractivity contribution in [3.05, 3.63) is 36.0 Å². The second kappa shape index (κ2) is 7.51. The van der Waals surface area contributed by atoms with Crippen LogP contribution in [0.15, 0.2) is 30.5 Å². The quantitative estimate of drug-likeness (QED) is 0.684. The van der Waals surface area contributed by atoms with Gasteiger partial charge in [0.05, 0.1) is 6.10 Å². The third-order valence-electron chi connectivity index (χ3n) is 4.66. The monoisotopic (exact) mass is 315 g/mol. The number of benzene rings is 1. The molecule has 2 amide bonds. The summed E-state index contributed by atoms with van der Waals surface area (Å²) in [5.41, 5.74) is 2.35. The van der Waals surface area contributed by atoms with E-state index in [1.54, 1.807) is 0 Å². The second-order valence-corrected chi connectivity index (χ2v) is 6.43. The topological polar surface area (TPSA) is 77.2 Å². The smallest absolute Gasteiger partial charge is 0.314 e. The molecule has 0 aliphatic heterocycles. The van der Waals surface area contributed by atoms with Gasteiger partial charge in [0.15, 0.2) is 0 Å². The molecule has 1 fully saturated rings. The molecule has 1 aromatic heterocycles. The first-order valence-corrected chi connectivity index (χ1v) is 8.47. The van der Waals surface area contributed by atoms with Gasteiger partial charge >= 0.3 is 6.03 Å². The van der Waals surface area contributed by atoms with Crippen LogP contribution < -0.4 is 10.6 Å². The van der Waals surface area contributed by atoms with Gasteiger partial charge in [0.1, 0.15) is 0 Å². The SMILES string of the molecule is O=C(NCCc1c[nH]c2ccccc12)NCC1CCCC(O)C1. The fourth-order valence-electron chi connectivity index (χ4n) is 3.40. The Hall–Kier alpha value is -2.01. The number of para-hydroxylation sites is 1. The molecule has 1 saturated carbocycles. The van der Waals surface area contributed by atoms with E-state index in [9.17, 15) is 9.90 Å². The Morgan fingerprint density at radius 3 is 3.00 bits per heavy atom. The molecule has 1 aliphatic carbocycles. The highest BCUT2D eigenvalue weighted by molar-refractivity contribution is 5.83. The van der Waals surface area contributed by atoms with E-state index in [1.165, 1.54) is 10.9 Å². The first-order chi connectivity index (χ1) is 11.2. The van der Waals surface area contributed by atoms with Crippen molar-refractivity contribution in [2.45, 2.75) is 38.2 Å². The van der Waals surface area contributed by atoms with Crippen LogP contribution in [-0.2, 0) is 6.42 Å². The van der Waals surface area contributed by atoms with Crippen LogP contribution in [0.1, 0.15) is 31.2 Å². The Balaban J connectivity index is 1.39. The number of aliphatic hydroxyl groups is 1. The molecule has 4 N–H and O–H groups in total. The molecule has 1 aromatic carbocycles. The maximum absolute atomic E-state index is 11.9. The number of aromatic amines is 1. The number of amides is 2. The van der Waals surface area contributed by atoms with Crippen molar-refractivity contribution in [3.63, 3.8) is 0 Å². The van der Waals surface area contributed by atoms with E-state index < -0.39 is 0 Å². The van der Waals surface area contributed by atoms with Gasteiger partial charge in [0, 0.05) is 30.2 Å². The number of rotatable bonds is 5. The van der Waals surface area contributed by atoms with E-state index in [0.29, 0.717) is 19.0 Å². The van der Waals surface area contributed by atoms with Crippen LogP contribution in [0.5, 0.6) is 0 Å². The van der Waals surface area contributed by atoms with Crippen LogP contribution >= 0.6 is 0 Å². The summed E-state index contributed by atoms with van der Waals surface area (Å²) in [6.45, 7) is 1.26. The second-order valence-electron chi connectivity index (χ2n) is 6.43. The Bertz CT molecular complexity index is 653. The average molecular weight is 315 g/mol. The Kier molecular flexibility index (Phi) is 5.18. The van der Waals surface area contributed by atoms with Gasteiger partial charge in [-0.3, -0.25) is 0 Å². The third kappa shape index (κ3) is 4.26. The van der Waals surface area contributed by atoms with Gasteiger partial charge in [0.2, 0.25) is 0 Å². The van der Waals surface area contributed by atoms with Crippen molar-refractivity contribution in [3.8, 4) is 0 Å². The first-order valence-electron chi connectivity index (χ1n) is 8.47. The summed E-state index contributed by atoms with van der Waals surface area (Å²) in [6, 6.07) is 8.06. The maximum Gasteiger partial charge on any atom is 0.314 e. The van der Waals surface area contributed by atoms with Crippen molar-refractivity contribution >= 4 is 16.9 Å². The number of hydrogen-bond donors (Lipinski definition) is 4. The minimum Gasteiger partial charge on any atom is -0.393 e. The molecule has 3 rings (SSSR count). The van der Waals surface area contributed by atoms with Gasteiger partial charge in [-0.05, 0) is 43.2 Å². The molecule has 5 nitrogen and oxygen atoms in total. The molecule has 1 aliphatic rings. The molecule has 2 atom stereocenters. The van der Waals surface area contributed by atoms with Crippen molar-refractivity contribution in [2.75, 3.05) is 13.1 Å². The number of aromatic nitrogens is 1. The number of aliphatic hydroxyl groups excluding tert-OH is 1. The Labute approximate surface area is 136 Å². The minimum atomic E-state index is -0.194. The lowest BCUT2D eigenvalue weighted by molar-refractivity contribution is 0.101. The first kappa shape index (κ1) is 15.9. The lowest BCUT2D eigenvalue weighted by Crippen LogP contribution is -2.40. The number of H-pyrrole nitrogens is 1. The van der Waals surface area contributed by atoms with Crippen LogP contribution in [-0.4, -0.2) is 35.3 Å². The van der Waals surface area contributed by atoms with Crippen LogP contribution in [0, 0.1) is 5.92 Å².